The van der Waals surface area contributed by atoms with Crippen LogP contribution in [0.4, 0.5) is 4.39 Å². The largest absolute Gasteiger partial charge is 0.324 e. The summed E-state index contributed by atoms with van der Waals surface area (Å²) in [6.07, 6.45) is 0.623. The molecule has 0 aromatic heterocycles. The average Bonchev–Trinajstić information content (AvgIpc) is 2.41. The highest BCUT2D eigenvalue weighted by Crippen LogP contribution is 2.25. The minimum atomic E-state index is -0.344. The second-order valence-corrected chi connectivity index (χ2v) is 7.34. The standard InChI is InChI=1S/C18H21BrFN/c1-18(2,3)13-6-4-12(5-7-13)10-17(21)15-11-14(19)8-9-16(15)20/h4-9,11,17H,10,21H2,1-3H3. The molecule has 112 valence electrons. The summed E-state index contributed by atoms with van der Waals surface area (Å²) in [5.74, 6) is -0.253. The van der Waals surface area contributed by atoms with Crippen LogP contribution in [-0.2, 0) is 11.8 Å². The average molecular weight is 350 g/mol. The normalized spacial score (nSPS) is 13.2. The number of hydrogen-bond acceptors (Lipinski definition) is 1. The molecule has 0 fully saturated rings. The summed E-state index contributed by atoms with van der Waals surface area (Å²) in [6.45, 7) is 6.56. The number of halogens is 2. The third-order valence-corrected chi connectivity index (χ3v) is 4.13. The molecule has 2 aromatic rings. The van der Waals surface area contributed by atoms with Crippen molar-refractivity contribution in [3.63, 3.8) is 0 Å². The molecule has 0 saturated carbocycles. The maximum Gasteiger partial charge on any atom is 0.128 e. The van der Waals surface area contributed by atoms with Crippen LogP contribution in [-0.4, -0.2) is 0 Å². The van der Waals surface area contributed by atoms with Crippen LogP contribution in [0.3, 0.4) is 0 Å². The van der Waals surface area contributed by atoms with Gasteiger partial charge < -0.3 is 5.73 Å². The van der Waals surface area contributed by atoms with E-state index in [1.54, 1.807) is 12.1 Å². The zero-order valence-corrected chi connectivity index (χ0v) is 14.2. The van der Waals surface area contributed by atoms with Gasteiger partial charge in [0.15, 0.2) is 0 Å². The lowest BCUT2D eigenvalue weighted by Gasteiger charge is -2.20. The van der Waals surface area contributed by atoms with E-state index in [1.165, 1.54) is 11.6 Å². The van der Waals surface area contributed by atoms with Crippen LogP contribution in [0.2, 0.25) is 0 Å². The van der Waals surface area contributed by atoms with E-state index in [4.69, 9.17) is 5.73 Å². The van der Waals surface area contributed by atoms with Crippen LogP contribution in [0.25, 0.3) is 0 Å². The summed E-state index contributed by atoms with van der Waals surface area (Å²) in [4.78, 5) is 0. The van der Waals surface area contributed by atoms with Crippen LogP contribution >= 0.6 is 15.9 Å². The summed E-state index contributed by atoms with van der Waals surface area (Å²) < 4.78 is 14.7. The first kappa shape index (κ1) is 16.2. The van der Waals surface area contributed by atoms with Crippen LogP contribution < -0.4 is 5.73 Å². The molecule has 3 heteroatoms. The summed E-state index contributed by atoms with van der Waals surface area (Å²) in [5, 5.41) is 0. The predicted molar refractivity (Wildman–Crippen MR) is 89.9 cm³/mol. The number of rotatable bonds is 3. The molecule has 0 saturated heterocycles. The Morgan fingerprint density at radius 1 is 1.10 bits per heavy atom. The van der Waals surface area contributed by atoms with E-state index < -0.39 is 0 Å². The molecule has 0 amide bonds. The highest BCUT2D eigenvalue weighted by Gasteiger charge is 2.15. The maximum absolute atomic E-state index is 13.8. The quantitative estimate of drug-likeness (QED) is 0.816. The lowest BCUT2D eigenvalue weighted by Crippen LogP contribution is -2.15. The van der Waals surface area contributed by atoms with Gasteiger partial charge in [-0.05, 0) is 41.2 Å². The molecule has 0 aliphatic heterocycles. The van der Waals surface area contributed by atoms with Gasteiger partial charge in [-0.15, -0.1) is 0 Å². The Kier molecular flexibility index (Phi) is 4.84. The van der Waals surface area contributed by atoms with E-state index in [0.29, 0.717) is 12.0 Å². The molecule has 2 aromatic carbocycles. The van der Waals surface area contributed by atoms with Crippen LogP contribution in [0, 0.1) is 5.82 Å². The third-order valence-electron chi connectivity index (χ3n) is 3.63. The third kappa shape index (κ3) is 4.14. The number of hydrogen-bond donors (Lipinski definition) is 1. The maximum atomic E-state index is 13.8. The van der Waals surface area contributed by atoms with Crippen molar-refractivity contribution < 1.29 is 4.39 Å². The van der Waals surface area contributed by atoms with Gasteiger partial charge in [0, 0.05) is 16.1 Å². The Hall–Kier alpha value is -1.19. The monoisotopic (exact) mass is 349 g/mol. The van der Waals surface area contributed by atoms with E-state index in [-0.39, 0.29) is 17.3 Å². The Bertz CT molecular complexity index is 614. The van der Waals surface area contributed by atoms with E-state index >= 15 is 0 Å². The molecule has 0 radical (unpaired) electrons. The minimum absolute atomic E-state index is 0.136. The lowest BCUT2D eigenvalue weighted by atomic mass is 9.86. The minimum Gasteiger partial charge on any atom is -0.324 e. The van der Waals surface area contributed by atoms with Gasteiger partial charge in [-0.25, -0.2) is 4.39 Å². The SMILES string of the molecule is CC(C)(C)c1ccc(CC(N)c2cc(Br)ccc2F)cc1. The number of nitrogens with two attached hydrogens (primary N) is 1. The zero-order chi connectivity index (χ0) is 15.6. The van der Waals surface area contributed by atoms with Gasteiger partial charge in [-0.3, -0.25) is 0 Å². The van der Waals surface area contributed by atoms with Gasteiger partial charge in [0.1, 0.15) is 5.82 Å². The molecule has 2 rings (SSSR count). The molecule has 1 nitrogen and oxygen atoms in total. The van der Waals surface area contributed by atoms with Gasteiger partial charge in [-0.2, -0.15) is 0 Å². The molecule has 21 heavy (non-hydrogen) atoms. The predicted octanol–water partition coefficient (Wildman–Crippen LogP) is 5.13. The summed E-state index contributed by atoms with van der Waals surface area (Å²) in [5.41, 5.74) is 9.25. The molecule has 1 atom stereocenters. The Morgan fingerprint density at radius 2 is 1.71 bits per heavy atom. The van der Waals surface area contributed by atoms with Gasteiger partial charge in [-0.1, -0.05) is 61.0 Å². The second kappa shape index (κ2) is 6.29. The fourth-order valence-corrected chi connectivity index (χ4v) is 2.68. The summed E-state index contributed by atoms with van der Waals surface area (Å²) >= 11 is 3.36. The molecule has 0 aliphatic carbocycles. The summed E-state index contributed by atoms with van der Waals surface area (Å²) in [7, 11) is 0. The van der Waals surface area contributed by atoms with E-state index in [2.05, 4.69) is 61.0 Å². The molecular weight excluding hydrogens is 329 g/mol. The highest BCUT2D eigenvalue weighted by atomic mass is 79.9. The van der Waals surface area contributed by atoms with E-state index in [0.717, 1.165) is 10.0 Å². The molecule has 2 N–H and O–H groups in total. The first-order chi connectivity index (χ1) is 9.77. The van der Waals surface area contributed by atoms with Crippen molar-refractivity contribution in [2.75, 3.05) is 0 Å². The van der Waals surface area contributed by atoms with Crippen LogP contribution in [0.15, 0.2) is 46.9 Å². The Balaban J connectivity index is 2.16. The second-order valence-electron chi connectivity index (χ2n) is 6.42. The summed E-state index contributed by atoms with van der Waals surface area (Å²) in [6, 6.07) is 12.9. The molecule has 0 spiro atoms. The van der Waals surface area contributed by atoms with Crippen molar-refractivity contribution in [1.29, 1.82) is 0 Å². The fraction of sp³-hybridized carbons (Fsp3) is 0.333. The van der Waals surface area contributed by atoms with Crippen LogP contribution in [0.1, 0.15) is 43.5 Å². The van der Waals surface area contributed by atoms with Gasteiger partial charge >= 0.3 is 0 Å². The smallest absolute Gasteiger partial charge is 0.128 e. The zero-order valence-electron chi connectivity index (χ0n) is 12.7. The van der Waals surface area contributed by atoms with Crippen molar-refractivity contribution in [3.05, 3.63) is 69.4 Å². The topological polar surface area (TPSA) is 26.0 Å². The Morgan fingerprint density at radius 3 is 2.29 bits per heavy atom. The molecule has 0 bridgehead atoms. The molecule has 0 aliphatic rings. The van der Waals surface area contributed by atoms with Crippen molar-refractivity contribution in [2.45, 2.75) is 38.6 Å². The van der Waals surface area contributed by atoms with Gasteiger partial charge in [0.2, 0.25) is 0 Å². The van der Waals surface area contributed by atoms with Gasteiger partial charge in [0.25, 0.3) is 0 Å². The molecule has 0 heterocycles. The highest BCUT2D eigenvalue weighted by molar-refractivity contribution is 9.10. The molecular formula is C18H21BrFN. The first-order valence-electron chi connectivity index (χ1n) is 7.07. The van der Waals surface area contributed by atoms with Crippen molar-refractivity contribution >= 4 is 15.9 Å². The Labute approximate surface area is 134 Å². The first-order valence-corrected chi connectivity index (χ1v) is 7.86. The van der Waals surface area contributed by atoms with Gasteiger partial charge in [0.05, 0.1) is 0 Å². The lowest BCUT2D eigenvalue weighted by molar-refractivity contribution is 0.578. The van der Waals surface area contributed by atoms with Crippen LogP contribution in [0.5, 0.6) is 0 Å². The number of benzene rings is 2. The molecule has 1 unspecified atom stereocenters. The van der Waals surface area contributed by atoms with Crippen molar-refractivity contribution in [1.82, 2.24) is 0 Å². The van der Waals surface area contributed by atoms with Crippen molar-refractivity contribution in [2.24, 2.45) is 5.73 Å². The van der Waals surface area contributed by atoms with E-state index in [9.17, 15) is 4.39 Å². The van der Waals surface area contributed by atoms with Crippen molar-refractivity contribution in [3.8, 4) is 0 Å². The fourth-order valence-electron chi connectivity index (χ4n) is 2.30. The van der Waals surface area contributed by atoms with E-state index in [1.807, 2.05) is 0 Å².